The van der Waals surface area contributed by atoms with Crippen LogP contribution in [-0.2, 0) is 13.1 Å². The van der Waals surface area contributed by atoms with Crippen molar-refractivity contribution in [2.45, 2.75) is 69.6 Å². The van der Waals surface area contributed by atoms with Crippen molar-refractivity contribution in [3.8, 4) is 5.88 Å². The number of fused-ring (bicyclic) bond motifs is 1. The highest BCUT2D eigenvalue weighted by atomic mass is 16.3. The fourth-order valence-corrected chi connectivity index (χ4v) is 4.97. The molecular formula is C22H28N4O3. The number of carbonyl (C=O) groups is 1. The minimum absolute atomic E-state index is 0.00693. The Morgan fingerprint density at radius 1 is 1.07 bits per heavy atom. The Hall–Kier alpha value is -2.70. The average Bonchev–Trinajstić information content (AvgIpc) is 3.50. The third-order valence-corrected chi connectivity index (χ3v) is 6.72. The van der Waals surface area contributed by atoms with E-state index >= 15 is 0 Å². The summed E-state index contributed by atoms with van der Waals surface area (Å²) in [4.78, 5) is 27.4. The maximum absolute atomic E-state index is 12.9. The second-order valence-electron chi connectivity index (χ2n) is 8.60. The van der Waals surface area contributed by atoms with Crippen LogP contribution in [0.4, 0.5) is 4.79 Å². The number of aromatic nitrogens is 2. The summed E-state index contributed by atoms with van der Waals surface area (Å²) in [5.74, 6) is 0.281. The molecule has 1 aromatic heterocycles. The number of hydrogen-bond acceptors (Lipinski definition) is 3. The van der Waals surface area contributed by atoms with Crippen LogP contribution in [0.3, 0.4) is 0 Å². The standard InChI is InChI=1S/C22H28N4O3/c27-20-19-14-24(21(28)23-16-9-5-2-6-10-16)11-12-25(19)22(29)26(20)18-13-17(18)15-7-3-1-4-8-15/h1,3-4,7-8,16-18,27H,2,5-6,9-14H2,(H,23,28)/t17-,18+/m1/s1. The molecule has 2 aromatic rings. The quantitative estimate of drug-likeness (QED) is 0.837. The van der Waals surface area contributed by atoms with E-state index in [9.17, 15) is 14.7 Å². The van der Waals surface area contributed by atoms with Crippen molar-refractivity contribution in [2.75, 3.05) is 6.54 Å². The maximum Gasteiger partial charge on any atom is 0.331 e. The first-order valence-corrected chi connectivity index (χ1v) is 10.8. The molecule has 5 rings (SSSR count). The molecule has 7 heteroatoms. The molecule has 0 saturated heterocycles. The molecule has 2 fully saturated rings. The summed E-state index contributed by atoms with van der Waals surface area (Å²) in [5, 5.41) is 14.0. The van der Waals surface area contributed by atoms with Crippen molar-refractivity contribution in [2.24, 2.45) is 0 Å². The Bertz CT molecular complexity index is 958. The van der Waals surface area contributed by atoms with E-state index in [0.717, 1.165) is 32.1 Å². The van der Waals surface area contributed by atoms with Gasteiger partial charge in [-0.25, -0.2) is 9.59 Å². The predicted molar refractivity (Wildman–Crippen MR) is 109 cm³/mol. The summed E-state index contributed by atoms with van der Waals surface area (Å²) >= 11 is 0. The van der Waals surface area contributed by atoms with Crippen molar-refractivity contribution in [3.63, 3.8) is 0 Å². The van der Waals surface area contributed by atoms with E-state index in [1.54, 1.807) is 9.47 Å². The molecule has 2 aliphatic carbocycles. The molecule has 1 aromatic carbocycles. The zero-order valence-corrected chi connectivity index (χ0v) is 16.6. The topological polar surface area (TPSA) is 79.5 Å². The van der Waals surface area contributed by atoms with Gasteiger partial charge in [0.1, 0.15) is 5.69 Å². The number of urea groups is 1. The predicted octanol–water partition coefficient (Wildman–Crippen LogP) is 2.94. The molecule has 7 nitrogen and oxygen atoms in total. The van der Waals surface area contributed by atoms with E-state index in [1.807, 2.05) is 18.2 Å². The molecular weight excluding hydrogens is 368 g/mol. The SMILES string of the molecule is O=C(NC1CCCCC1)N1CCn2c(c(O)n([C@H]3C[C@@H]3c3ccccc3)c2=O)C1. The number of hydrogen-bond donors (Lipinski definition) is 2. The minimum atomic E-state index is -0.159. The van der Waals surface area contributed by atoms with Gasteiger partial charge in [-0.2, -0.15) is 0 Å². The number of aromatic hydroxyl groups is 1. The van der Waals surface area contributed by atoms with Gasteiger partial charge in [-0.1, -0.05) is 49.6 Å². The second-order valence-corrected chi connectivity index (χ2v) is 8.60. The lowest BCUT2D eigenvalue weighted by Gasteiger charge is -2.31. The monoisotopic (exact) mass is 396 g/mol. The highest BCUT2D eigenvalue weighted by molar-refractivity contribution is 5.74. The summed E-state index contributed by atoms with van der Waals surface area (Å²) in [6.45, 7) is 1.19. The van der Waals surface area contributed by atoms with E-state index in [-0.39, 0.29) is 42.1 Å². The molecule has 154 valence electrons. The van der Waals surface area contributed by atoms with Gasteiger partial charge in [0.15, 0.2) is 0 Å². The number of carbonyl (C=O) groups excluding carboxylic acids is 1. The summed E-state index contributed by atoms with van der Waals surface area (Å²) < 4.78 is 3.18. The number of nitrogens with zero attached hydrogens (tertiary/aromatic N) is 3. The molecule has 2 atom stereocenters. The zero-order valence-electron chi connectivity index (χ0n) is 16.6. The summed E-state index contributed by atoms with van der Waals surface area (Å²) in [7, 11) is 0. The molecule has 2 saturated carbocycles. The summed E-state index contributed by atoms with van der Waals surface area (Å²) in [6, 6.07) is 10.3. The lowest BCUT2D eigenvalue weighted by atomic mass is 9.96. The lowest BCUT2D eigenvalue weighted by Crippen LogP contribution is -2.48. The molecule has 3 aliphatic rings. The molecule has 0 spiro atoms. The van der Waals surface area contributed by atoms with Gasteiger partial charge in [0, 0.05) is 31.1 Å². The number of rotatable bonds is 3. The van der Waals surface area contributed by atoms with E-state index < -0.39 is 0 Å². The maximum atomic E-state index is 12.9. The number of amides is 2. The number of imidazole rings is 1. The first kappa shape index (κ1) is 18.3. The molecule has 2 N–H and O–H groups in total. The Morgan fingerprint density at radius 3 is 2.59 bits per heavy atom. The third kappa shape index (κ3) is 3.32. The van der Waals surface area contributed by atoms with Crippen LogP contribution >= 0.6 is 0 Å². The highest BCUT2D eigenvalue weighted by Crippen LogP contribution is 2.52. The van der Waals surface area contributed by atoms with Crippen LogP contribution in [0, 0.1) is 0 Å². The van der Waals surface area contributed by atoms with Crippen molar-refractivity contribution in [1.29, 1.82) is 0 Å². The second kappa shape index (κ2) is 7.28. The fourth-order valence-electron chi connectivity index (χ4n) is 4.97. The Balaban J connectivity index is 1.32. The Kier molecular flexibility index (Phi) is 4.60. The van der Waals surface area contributed by atoms with Crippen LogP contribution in [-0.4, -0.2) is 37.8 Å². The van der Waals surface area contributed by atoms with Crippen LogP contribution in [0.1, 0.15) is 61.7 Å². The van der Waals surface area contributed by atoms with E-state index in [0.29, 0.717) is 18.8 Å². The molecule has 2 heterocycles. The van der Waals surface area contributed by atoms with Crippen molar-refractivity contribution >= 4 is 6.03 Å². The first-order valence-electron chi connectivity index (χ1n) is 10.8. The van der Waals surface area contributed by atoms with Gasteiger partial charge in [0.2, 0.25) is 5.88 Å². The van der Waals surface area contributed by atoms with Crippen molar-refractivity contribution in [1.82, 2.24) is 19.4 Å². The van der Waals surface area contributed by atoms with Crippen LogP contribution < -0.4 is 11.0 Å². The van der Waals surface area contributed by atoms with Gasteiger partial charge in [-0.05, 0) is 24.8 Å². The van der Waals surface area contributed by atoms with Crippen LogP contribution in [0.2, 0.25) is 0 Å². The van der Waals surface area contributed by atoms with Gasteiger partial charge < -0.3 is 15.3 Å². The van der Waals surface area contributed by atoms with E-state index in [1.165, 1.54) is 16.6 Å². The van der Waals surface area contributed by atoms with Gasteiger partial charge in [0.25, 0.3) is 0 Å². The number of benzene rings is 1. The molecule has 2 amide bonds. The lowest BCUT2D eigenvalue weighted by molar-refractivity contribution is 0.175. The fraction of sp³-hybridized carbons (Fsp3) is 0.545. The van der Waals surface area contributed by atoms with Gasteiger partial charge in [-0.3, -0.25) is 9.13 Å². The van der Waals surface area contributed by atoms with Crippen molar-refractivity contribution < 1.29 is 9.90 Å². The van der Waals surface area contributed by atoms with Gasteiger partial charge in [-0.15, -0.1) is 0 Å². The summed E-state index contributed by atoms with van der Waals surface area (Å²) in [5.41, 5.74) is 1.59. The largest absolute Gasteiger partial charge is 0.493 e. The van der Waals surface area contributed by atoms with Gasteiger partial charge >= 0.3 is 11.7 Å². The molecule has 0 unspecified atom stereocenters. The zero-order chi connectivity index (χ0) is 20.0. The van der Waals surface area contributed by atoms with Crippen LogP contribution in [0.5, 0.6) is 5.88 Å². The third-order valence-electron chi connectivity index (χ3n) is 6.72. The summed E-state index contributed by atoms with van der Waals surface area (Å²) in [6.07, 6.45) is 6.50. The molecule has 1 aliphatic heterocycles. The minimum Gasteiger partial charge on any atom is -0.493 e. The Labute approximate surface area is 169 Å². The smallest absolute Gasteiger partial charge is 0.331 e. The van der Waals surface area contributed by atoms with Gasteiger partial charge in [0.05, 0.1) is 6.54 Å². The average molecular weight is 396 g/mol. The molecule has 0 radical (unpaired) electrons. The molecule has 0 bridgehead atoms. The Morgan fingerprint density at radius 2 is 1.83 bits per heavy atom. The number of nitrogens with one attached hydrogen (secondary N) is 1. The highest BCUT2D eigenvalue weighted by Gasteiger charge is 2.44. The van der Waals surface area contributed by atoms with Crippen LogP contribution in [0.15, 0.2) is 35.1 Å². The van der Waals surface area contributed by atoms with E-state index in [2.05, 4.69) is 17.4 Å². The first-order chi connectivity index (χ1) is 14.1. The normalized spacial score (nSPS) is 24.2. The molecule has 29 heavy (non-hydrogen) atoms. The van der Waals surface area contributed by atoms with Crippen LogP contribution in [0.25, 0.3) is 0 Å². The van der Waals surface area contributed by atoms with Crippen molar-refractivity contribution in [3.05, 3.63) is 52.1 Å². The van der Waals surface area contributed by atoms with E-state index in [4.69, 9.17) is 0 Å².